The Morgan fingerprint density at radius 3 is 2.72 bits per heavy atom. The van der Waals surface area contributed by atoms with E-state index < -0.39 is 0 Å². The Balaban J connectivity index is 2.02. The van der Waals surface area contributed by atoms with Crippen LogP contribution in [0.25, 0.3) is 0 Å². The Morgan fingerprint density at radius 2 is 2.06 bits per heavy atom. The van der Waals surface area contributed by atoms with Gasteiger partial charge in [-0.05, 0) is 26.5 Å². The summed E-state index contributed by atoms with van der Waals surface area (Å²) in [5.41, 5.74) is 0. The molecule has 1 fully saturated rings. The van der Waals surface area contributed by atoms with E-state index in [2.05, 4.69) is 46.0 Å². The quantitative estimate of drug-likeness (QED) is 0.874. The molecule has 0 aromatic carbocycles. The standard InChI is InChI=1S/C13H23N5/c1-4-11(2)15-12-5-6-14-13(16-12)18-9-7-17(3)8-10-18/h5-6,11H,4,7-10H2,1-3H3,(H,14,15,16). The van der Waals surface area contributed by atoms with E-state index in [1.165, 1.54) is 0 Å². The lowest BCUT2D eigenvalue weighted by atomic mass is 10.2. The van der Waals surface area contributed by atoms with E-state index in [4.69, 9.17) is 0 Å². The lowest BCUT2D eigenvalue weighted by molar-refractivity contribution is 0.311. The van der Waals surface area contributed by atoms with Crippen LogP contribution < -0.4 is 10.2 Å². The largest absolute Gasteiger partial charge is 0.367 e. The van der Waals surface area contributed by atoms with Gasteiger partial charge in [0.1, 0.15) is 5.82 Å². The van der Waals surface area contributed by atoms with Gasteiger partial charge >= 0.3 is 0 Å². The smallest absolute Gasteiger partial charge is 0.227 e. The molecule has 18 heavy (non-hydrogen) atoms. The first-order valence-corrected chi connectivity index (χ1v) is 6.72. The van der Waals surface area contributed by atoms with Crippen LogP contribution in [0.15, 0.2) is 12.3 Å². The molecule has 1 aliphatic heterocycles. The highest BCUT2D eigenvalue weighted by atomic mass is 15.3. The SMILES string of the molecule is CCC(C)Nc1ccnc(N2CCN(C)CC2)n1. The number of hydrogen-bond acceptors (Lipinski definition) is 5. The molecule has 1 aromatic rings. The molecule has 0 radical (unpaired) electrons. The van der Waals surface area contributed by atoms with Gasteiger partial charge in [0.05, 0.1) is 0 Å². The fourth-order valence-corrected chi connectivity index (χ4v) is 1.94. The molecule has 1 unspecified atom stereocenters. The summed E-state index contributed by atoms with van der Waals surface area (Å²) in [6, 6.07) is 2.38. The number of nitrogens with zero attached hydrogens (tertiary/aromatic N) is 4. The van der Waals surface area contributed by atoms with Crippen LogP contribution in [-0.2, 0) is 0 Å². The number of hydrogen-bond donors (Lipinski definition) is 1. The van der Waals surface area contributed by atoms with E-state index in [1.807, 2.05) is 12.3 Å². The predicted octanol–water partition coefficient (Wildman–Crippen LogP) is 1.44. The van der Waals surface area contributed by atoms with Crippen molar-refractivity contribution in [1.29, 1.82) is 0 Å². The van der Waals surface area contributed by atoms with Crippen molar-refractivity contribution in [2.45, 2.75) is 26.3 Å². The van der Waals surface area contributed by atoms with Gasteiger partial charge in [-0.3, -0.25) is 0 Å². The molecule has 0 amide bonds. The van der Waals surface area contributed by atoms with E-state index in [-0.39, 0.29) is 0 Å². The van der Waals surface area contributed by atoms with Gasteiger partial charge in [0.25, 0.3) is 0 Å². The van der Waals surface area contributed by atoms with E-state index in [0.29, 0.717) is 6.04 Å². The van der Waals surface area contributed by atoms with Crippen molar-refractivity contribution in [1.82, 2.24) is 14.9 Å². The average Bonchev–Trinajstić information content (AvgIpc) is 2.40. The van der Waals surface area contributed by atoms with Crippen molar-refractivity contribution in [3.8, 4) is 0 Å². The fraction of sp³-hybridized carbons (Fsp3) is 0.692. The maximum atomic E-state index is 4.59. The van der Waals surface area contributed by atoms with Crippen LogP contribution in [0.2, 0.25) is 0 Å². The number of aromatic nitrogens is 2. The Kier molecular flexibility index (Phi) is 4.36. The summed E-state index contributed by atoms with van der Waals surface area (Å²) in [7, 11) is 2.15. The van der Waals surface area contributed by atoms with Gasteiger partial charge in [0, 0.05) is 38.4 Å². The first kappa shape index (κ1) is 13.1. The van der Waals surface area contributed by atoms with Gasteiger partial charge in [-0.1, -0.05) is 6.92 Å². The minimum Gasteiger partial charge on any atom is -0.367 e. The minimum absolute atomic E-state index is 0.445. The number of piperazine rings is 1. The average molecular weight is 249 g/mol. The summed E-state index contributed by atoms with van der Waals surface area (Å²) in [5, 5.41) is 3.39. The van der Waals surface area contributed by atoms with Crippen molar-refractivity contribution in [2.24, 2.45) is 0 Å². The van der Waals surface area contributed by atoms with Crippen molar-refractivity contribution in [2.75, 3.05) is 43.4 Å². The third-order valence-corrected chi connectivity index (χ3v) is 3.44. The van der Waals surface area contributed by atoms with Crippen LogP contribution in [0.1, 0.15) is 20.3 Å². The van der Waals surface area contributed by atoms with Gasteiger partial charge < -0.3 is 15.1 Å². The molecule has 2 heterocycles. The number of anilines is 2. The molecule has 5 nitrogen and oxygen atoms in total. The Labute approximate surface area is 109 Å². The van der Waals surface area contributed by atoms with E-state index >= 15 is 0 Å². The third kappa shape index (κ3) is 3.32. The first-order valence-electron chi connectivity index (χ1n) is 6.72. The molecule has 1 saturated heterocycles. The summed E-state index contributed by atoms with van der Waals surface area (Å²) in [6.07, 6.45) is 2.93. The maximum Gasteiger partial charge on any atom is 0.227 e. The molecule has 0 saturated carbocycles. The molecule has 2 rings (SSSR count). The molecule has 0 spiro atoms. The molecule has 0 bridgehead atoms. The molecule has 0 aliphatic carbocycles. The van der Waals surface area contributed by atoms with Crippen molar-refractivity contribution in [3.05, 3.63) is 12.3 Å². The summed E-state index contributed by atoms with van der Waals surface area (Å²) in [6.45, 7) is 8.49. The summed E-state index contributed by atoms with van der Waals surface area (Å²) in [5.74, 6) is 1.77. The molecule has 1 N–H and O–H groups in total. The third-order valence-electron chi connectivity index (χ3n) is 3.44. The lowest BCUT2D eigenvalue weighted by Crippen LogP contribution is -2.45. The lowest BCUT2D eigenvalue weighted by Gasteiger charge is -2.32. The Bertz CT molecular complexity index is 373. The van der Waals surface area contributed by atoms with Crippen molar-refractivity contribution >= 4 is 11.8 Å². The molecular formula is C13H23N5. The van der Waals surface area contributed by atoms with Crippen LogP contribution in [0.5, 0.6) is 0 Å². The van der Waals surface area contributed by atoms with Gasteiger partial charge in [-0.2, -0.15) is 4.98 Å². The summed E-state index contributed by atoms with van der Waals surface area (Å²) in [4.78, 5) is 13.6. The monoisotopic (exact) mass is 249 g/mol. The second-order valence-electron chi connectivity index (χ2n) is 4.99. The van der Waals surface area contributed by atoms with Gasteiger partial charge in [-0.15, -0.1) is 0 Å². The van der Waals surface area contributed by atoms with E-state index in [1.54, 1.807) is 0 Å². The highest BCUT2D eigenvalue weighted by molar-refractivity contribution is 5.42. The molecule has 100 valence electrons. The highest BCUT2D eigenvalue weighted by Gasteiger charge is 2.16. The van der Waals surface area contributed by atoms with Gasteiger partial charge in [0.2, 0.25) is 5.95 Å². The van der Waals surface area contributed by atoms with E-state index in [9.17, 15) is 0 Å². The van der Waals surface area contributed by atoms with Crippen LogP contribution in [0.3, 0.4) is 0 Å². The van der Waals surface area contributed by atoms with Crippen LogP contribution in [0, 0.1) is 0 Å². The van der Waals surface area contributed by atoms with Crippen LogP contribution in [-0.4, -0.2) is 54.1 Å². The number of rotatable bonds is 4. The summed E-state index contributed by atoms with van der Waals surface area (Å²) < 4.78 is 0. The molecular weight excluding hydrogens is 226 g/mol. The Morgan fingerprint density at radius 1 is 1.33 bits per heavy atom. The van der Waals surface area contributed by atoms with Crippen LogP contribution in [0.4, 0.5) is 11.8 Å². The van der Waals surface area contributed by atoms with Gasteiger partial charge in [0.15, 0.2) is 0 Å². The van der Waals surface area contributed by atoms with E-state index in [0.717, 1.165) is 44.4 Å². The molecule has 1 aliphatic rings. The number of nitrogens with one attached hydrogen (secondary N) is 1. The minimum atomic E-state index is 0.445. The number of likely N-dealkylation sites (N-methyl/N-ethyl adjacent to an activating group) is 1. The molecule has 1 aromatic heterocycles. The van der Waals surface area contributed by atoms with Crippen LogP contribution >= 0.6 is 0 Å². The van der Waals surface area contributed by atoms with Crippen molar-refractivity contribution < 1.29 is 0 Å². The Hall–Kier alpha value is -1.36. The summed E-state index contributed by atoms with van der Waals surface area (Å²) >= 11 is 0. The molecule has 1 atom stereocenters. The zero-order chi connectivity index (χ0) is 13.0. The second kappa shape index (κ2) is 6.00. The zero-order valence-electron chi connectivity index (χ0n) is 11.6. The topological polar surface area (TPSA) is 44.3 Å². The molecule has 5 heteroatoms. The first-order chi connectivity index (χ1) is 8.69. The second-order valence-corrected chi connectivity index (χ2v) is 4.99. The van der Waals surface area contributed by atoms with Gasteiger partial charge in [-0.25, -0.2) is 4.98 Å². The zero-order valence-corrected chi connectivity index (χ0v) is 11.6. The van der Waals surface area contributed by atoms with Crippen molar-refractivity contribution in [3.63, 3.8) is 0 Å². The normalized spacial score (nSPS) is 18.7. The fourth-order valence-electron chi connectivity index (χ4n) is 1.94. The highest BCUT2D eigenvalue weighted by Crippen LogP contribution is 2.13. The predicted molar refractivity (Wildman–Crippen MR) is 75.1 cm³/mol. The maximum absolute atomic E-state index is 4.59.